The van der Waals surface area contributed by atoms with E-state index in [0.29, 0.717) is 13.0 Å². The Labute approximate surface area is 155 Å². The number of hydrogen-bond acceptors (Lipinski definition) is 4. The number of benzene rings is 1. The zero-order valence-corrected chi connectivity index (χ0v) is 16.6. The molecule has 1 aliphatic heterocycles. The van der Waals surface area contributed by atoms with E-state index in [-0.39, 0.29) is 23.2 Å². The van der Waals surface area contributed by atoms with Crippen LogP contribution in [0, 0.1) is 32.6 Å². The average molecular weight is 356 g/mol. The third-order valence-corrected chi connectivity index (χ3v) is 6.13. The SMILES string of the molecule is COC1=C(c2c(C)cc(C)cc2C)C(=O)C2CC3(COC(C)(C)O3)CC12. The van der Waals surface area contributed by atoms with Crippen molar-refractivity contribution in [2.75, 3.05) is 13.7 Å². The lowest BCUT2D eigenvalue weighted by Gasteiger charge is -2.26. The Morgan fingerprint density at radius 2 is 1.69 bits per heavy atom. The molecule has 0 radical (unpaired) electrons. The zero-order valence-electron chi connectivity index (χ0n) is 16.6. The molecule has 1 aromatic rings. The number of carbonyl (C=O) groups is 1. The number of Topliss-reactive ketones (excluding diaryl/α,β-unsaturated/α-hetero) is 1. The minimum Gasteiger partial charge on any atom is -0.500 e. The summed E-state index contributed by atoms with van der Waals surface area (Å²) in [5, 5.41) is 0. The first-order chi connectivity index (χ1) is 12.2. The van der Waals surface area contributed by atoms with Crippen LogP contribution in [0.1, 0.15) is 48.9 Å². The van der Waals surface area contributed by atoms with Crippen molar-refractivity contribution in [2.45, 2.75) is 58.8 Å². The molecule has 2 aliphatic carbocycles. The fourth-order valence-corrected chi connectivity index (χ4v) is 5.37. The number of rotatable bonds is 2. The van der Waals surface area contributed by atoms with Crippen molar-refractivity contribution in [3.63, 3.8) is 0 Å². The molecule has 0 N–H and O–H groups in total. The van der Waals surface area contributed by atoms with Crippen molar-refractivity contribution in [1.29, 1.82) is 0 Å². The molecule has 0 aromatic heterocycles. The minimum absolute atomic E-state index is 0.0717. The van der Waals surface area contributed by atoms with E-state index >= 15 is 0 Å². The third kappa shape index (κ3) is 2.54. The summed E-state index contributed by atoms with van der Waals surface area (Å²) in [5.74, 6) is 0.468. The molecule has 26 heavy (non-hydrogen) atoms. The first-order valence-corrected chi connectivity index (χ1v) is 9.41. The van der Waals surface area contributed by atoms with Gasteiger partial charge in [-0.1, -0.05) is 17.7 Å². The van der Waals surface area contributed by atoms with Crippen LogP contribution >= 0.6 is 0 Å². The van der Waals surface area contributed by atoms with E-state index < -0.39 is 5.79 Å². The van der Waals surface area contributed by atoms with E-state index in [4.69, 9.17) is 14.2 Å². The highest BCUT2D eigenvalue weighted by molar-refractivity contribution is 6.25. The highest BCUT2D eigenvalue weighted by Gasteiger charge is 2.59. The molecule has 2 fully saturated rings. The summed E-state index contributed by atoms with van der Waals surface area (Å²) < 4.78 is 17.9. The average Bonchev–Trinajstić information content (AvgIpc) is 3.11. The van der Waals surface area contributed by atoms with Gasteiger partial charge in [-0.3, -0.25) is 4.79 Å². The molecular formula is C22H28O4. The van der Waals surface area contributed by atoms with E-state index in [2.05, 4.69) is 32.9 Å². The number of allylic oxidation sites excluding steroid dienone is 2. The second-order valence-corrected chi connectivity index (χ2v) is 8.68. The van der Waals surface area contributed by atoms with Gasteiger partial charge in [-0.05, 0) is 64.2 Å². The summed E-state index contributed by atoms with van der Waals surface area (Å²) in [7, 11) is 1.69. The minimum atomic E-state index is -0.578. The molecule has 1 spiro atoms. The number of carbonyl (C=O) groups excluding carboxylic acids is 1. The Morgan fingerprint density at radius 1 is 1.08 bits per heavy atom. The third-order valence-electron chi connectivity index (χ3n) is 6.13. The molecule has 4 heteroatoms. The van der Waals surface area contributed by atoms with E-state index in [1.54, 1.807) is 7.11 Å². The number of ketones is 1. The Bertz CT molecular complexity index is 796. The van der Waals surface area contributed by atoms with Crippen molar-refractivity contribution < 1.29 is 19.0 Å². The maximum Gasteiger partial charge on any atom is 0.170 e. The molecule has 4 rings (SSSR count). The molecular weight excluding hydrogens is 328 g/mol. The van der Waals surface area contributed by atoms with Crippen LogP contribution in [0.3, 0.4) is 0 Å². The normalized spacial score (nSPS) is 32.6. The highest BCUT2D eigenvalue weighted by Crippen LogP contribution is 2.56. The van der Waals surface area contributed by atoms with Crippen LogP contribution in [-0.4, -0.2) is 30.9 Å². The van der Waals surface area contributed by atoms with Crippen LogP contribution in [0.15, 0.2) is 17.9 Å². The van der Waals surface area contributed by atoms with Crippen molar-refractivity contribution in [1.82, 2.24) is 0 Å². The lowest BCUT2D eigenvalue weighted by molar-refractivity contribution is -0.161. The summed E-state index contributed by atoms with van der Waals surface area (Å²) in [6.45, 7) is 10.7. The van der Waals surface area contributed by atoms with Crippen molar-refractivity contribution in [3.8, 4) is 0 Å². The van der Waals surface area contributed by atoms with Crippen molar-refractivity contribution in [2.24, 2.45) is 11.8 Å². The smallest absolute Gasteiger partial charge is 0.170 e. The first kappa shape index (κ1) is 17.7. The Morgan fingerprint density at radius 3 is 2.23 bits per heavy atom. The first-order valence-electron chi connectivity index (χ1n) is 9.41. The van der Waals surface area contributed by atoms with Gasteiger partial charge < -0.3 is 14.2 Å². The topological polar surface area (TPSA) is 44.8 Å². The lowest BCUT2D eigenvalue weighted by atomic mass is 9.89. The van der Waals surface area contributed by atoms with Gasteiger partial charge >= 0.3 is 0 Å². The molecule has 1 aromatic carbocycles. The second kappa shape index (κ2) is 5.67. The highest BCUT2D eigenvalue weighted by atomic mass is 16.8. The standard InChI is InChI=1S/C22H28O4/c1-12-7-13(2)17(14(3)8-12)18-19(23)15-9-22(10-16(15)20(18)24-6)11-25-21(4,5)26-22/h7-8,15-16H,9-11H2,1-6H3. The summed E-state index contributed by atoms with van der Waals surface area (Å²) in [4.78, 5) is 13.4. The molecule has 4 nitrogen and oxygen atoms in total. The van der Waals surface area contributed by atoms with Crippen molar-refractivity contribution >= 4 is 11.4 Å². The van der Waals surface area contributed by atoms with E-state index in [1.807, 2.05) is 13.8 Å². The fraction of sp³-hybridized carbons (Fsp3) is 0.591. The monoisotopic (exact) mass is 356 g/mol. The molecule has 1 saturated carbocycles. The molecule has 140 valence electrons. The maximum absolute atomic E-state index is 13.4. The van der Waals surface area contributed by atoms with Crippen LogP contribution < -0.4 is 0 Å². The van der Waals surface area contributed by atoms with Gasteiger partial charge in [0.25, 0.3) is 0 Å². The maximum atomic E-state index is 13.4. The Hall–Kier alpha value is -1.65. The molecule has 3 atom stereocenters. The number of hydrogen-bond donors (Lipinski definition) is 0. The summed E-state index contributed by atoms with van der Waals surface area (Å²) in [6, 6.07) is 4.28. The summed E-state index contributed by atoms with van der Waals surface area (Å²) in [5.41, 5.74) is 4.96. The molecule has 1 saturated heterocycles. The molecule has 0 bridgehead atoms. The Kier molecular flexibility index (Phi) is 3.87. The number of ether oxygens (including phenoxy) is 3. The molecule has 0 amide bonds. The van der Waals surface area contributed by atoms with E-state index in [1.165, 1.54) is 5.56 Å². The van der Waals surface area contributed by atoms with Crippen LogP contribution in [0.5, 0.6) is 0 Å². The predicted molar refractivity (Wildman–Crippen MR) is 99.7 cm³/mol. The quantitative estimate of drug-likeness (QED) is 0.800. The van der Waals surface area contributed by atoms with Gasteiger partial charge in [0.1, 0.15) is 5.76 Å². The van der Waals surface area contributed by atoms with Gasteiger partial charge in [-0.15, -0.1) is 0 Å². The van der Waals surface area contributed by atoms with Gasteiger partial charge in [-0.2, -0.15) is 0 Å². The molecule has 3 aliphatic rings. The molecule has 1 heterocycles. The van der Waals surface area contributed by atoms with Gasteiger partial charge in [0.15, 0.2) is 11.6 Å². The zero-order chi connectivity index (χ0) is 18.9. The molecule has 3 unspecified atom stereocenters. The summed E-state index contributed by atoms with van der Waals surface area (Å²) in [6.07, 6.45) is 1.49. The number of aryl methyl sites for hydroxylation is 3. The fourth-order valence-electron chi connectivity index (χ4n) is 5.37. The van der Waals surface area contributed by atoms with Gasteiger partial charge in [0, 0.05) is 11.8 Å². The number of methoxy groups -OCH3 is 1. The van der Waals surface area contributed by atoms with E-state index in [9.17, 15) is 4.79 Å². The van der Waals surface area contributed by atoms with Crippen LogP contribution in [0.4, 0.5) is 0 Å². The number of fused-ring (bicyclic) bond motifs is 1. The lowest BCUT2D eigenvalue weighted by Crippen LogP contribution is -2.32. The van der Waals surface area contributed by atoms with Gasteiger partial charge in [-0.25, -0.2) is 0 Å². The largest absolute Gasteiger partial charge is 0.500 e. The second-order valence-electron chi connectivity index (χ2n) is 8.68. The summed E-state index contributed by atoms with van der Waals surface area (Å²) >= 11 is 0. The van der Waals surface area contributed by atoms with Crippen LogP contribution in [0.2, 0.25) is 0 Å². The Balaban J connectivity index is 1.76. The van der Waals surface area contributed by atoms with Crippen molar-refractivity contribution in [3.05, 3.63) is 40.1 Å². The van der Waals surface area contributed by atoms with Crippen LogP contribution in [-0.2, 0) is 19.0 Å². The van der Waals surface area contributed by atoms with Crippen LogP contribution in [0.25, 0.3) is 5.57 Å². The predicted octanol–water partition coefficient (Wildman–Crippen LogP) is 4.10. The van der Waals surface area contributed by atoms with E-state index in [0.717, 1.165) is 34.4 Å². The van der Waals surface area contributed by atoms with Gasteiger partial charge in [0.2, 0.25) is 0 Å². The van der Waals surface area contributed by atoms with Gasteiger partial charge in [0.05, 0.1) is 24.9 Å².